The molecule has 0 aliphatic rings. The van der Waals surface area contributed by atoms with Gasteiger partial charge in [-0.1, -0.05) is 0 Å². The van der Waals surface area contributed by atoms with Gasteiger partial charge in [0.2, 0.25) is 0 Å². The second-order valence-corrected chi connectivity index (χ2v) is 3.93. The SMILES string of the molecule is Cc1cc(-c2ccc(F)cc2)nc(/C=C/C(=O)O)n1. The summed E-state index contributed by atoms with van der Waals surface area (Å²) in [7, 11) is 0. The summed E-state index contributed by atoms with van der Waals surface area (Å²) < 4.78 is 12.9. The Morgan fingerprint density at radius 2 is 1.95 bits per heavy atom. The van der Waals surface area contributed by atoms with Gasteiger partial charge in [0.15, 0.2) is 5.82 Å². The van der Waals surface area contributed by atoms with Gasteiger partial charge in [-0.15, -0.1) is 0 Å². The van der Waals surface area contributed by atoms with E-state index in [0.29, 0.717) is 17.2 Å². The second kappa shape index (κ2) is 5.39. The van der Waals surface area contributed by atoms with Crippen molar-refractivity contribution >= 4 is 12.0 Å². The van der Waals surface area contributed by atoms with Gasteiger partial charge in [-0.2, -0.15) is 0 Å². The predicted octanol–water partition coefficient (Wildman–Crippen LogP) is 2.69. The molecule has 1 N–H and O–H groups in total. The summed E-state index contributed by atoms with van der Waals surface area (Å²) in [6.07, 6.45) is 2.30. The number of nitrogens with zero attached hydrogens (tertiary/aromatic N) is 2. The molecule has 0 unspecified atom stereocenters. The number of aromatic nitrogens is 2. The lowest BCUT2D eigenvalue weighted by Gasteiger charge is -2.03. The average molecular weight is 258 g/mol. The molecular formula is C14H11FN2O2. The summed E-state index contributed by atoms with van der Waals surface area (Å²) in [5, 5.41) is 8.58. The highest BCUT2D eigenvalue weighted by molar-refractivity contribution is 5.84. The number of carboxylic acids is 1. The Kier molecular flexibility index (Phi) is 3.66. The van der Waals surface area contributed by atoms with Crippen LogP contribution in [0.4, 0.5) is 4.39 Å². The van der Waals surface area contributed by atoms with Crippen molar-refractivity contribution in [2.45, 2.75) is 6.92 Å². The smallest absolute Gasteiger partial charge is 0.328 e. The highest BCUT2D eigenvalue weighted by Crippen LogP contribution is 2.18. The normalized spacial score (nSPS) is 10.8. The van der Waals surface area contributed by atoms with E-state index in [4.69, 9.17) is 5.11 Å². The molecule has 5 heteroatoms. The summed E-state index contributed by atoms with van der Waals surface area (Å²) in [4.78, 5) is 18.8. The van der Waals surface area contributed by atoms with Crippen LogP contribution in [0.15, 0.2) is 36.4 Å². The zero-order valence-electron chi connectivity index (χ0n) is 10.2. The minimum absolute atomic E-state index is 0.307. The second-order valence-electron chi connectivity index (χ2n) is 3.93. The number of rotatable bonds is 3. The van der Waals surface area contributed by atoms with Gasteiger partial charge < -0.3 is 5.11 Å². The molecule has 0 aliphatic heterocycles. The highest BCUT2D eigenvalue weighted by atomic mass is 19.1. The van der Waals surface area contributed by atoms with Crippen LogP contribution in [0.1, 0.15) is 11.5 Å². The van der Waals surface area contributed by atoms with Crippen molar-refractivity contribution in [3.8, 4) is 11.3 Å². The number of hydrogen-bond acceptors (Lipinski definition) is 3. The summed E-state index contributed by atoms with van der Waals surface area (Å²) in [5.74, 6) is -1.07. The van der Waals surface area contributed by atoms with Gasteiger partial charge in [-0.05, 0) is 43.3 Å². The summed E-state index contributed by atoms with van der Waals surface area (Å²) in [5.41, 5.74) is 2.08. The Bertz CT molecular complexity index is 636. The monoisotopic (exact) mass is 258 g/mol. The first-order valence-corrected chi connectivity index (χ1v) is 5.57. The van der Waals surface area contributed by atoms with Gasteiger partial charge >= 0.3 is 5.97 Å². The molecule has 0 bridgehead atoms. The molecule has 4 nitrogen and oxygen atoms in total. The number of aliphatic carboxylic acids is 1. The molecule has 2 aromatic rings. The van der Waals surface area contributed by atoms with Gasteiger partial charge in [0.25, 0.3) is 0 Å². The van der Waals surface area contributed by atoms with Crippen LogP contribution in [0.25, 0.3) is 17.3 Å². The van der Waals surface area contributed by atoms with E-state index in [1.165, 1.54) is 18.2 Å². The van der Waals surface area contributed by atoms with Gasteiger partial charge in [0, 0.05) is 17.3 Å². The molecule has 96 valence electrons. The zero-order valence-corrected chi connectivity index (χ0v) is 10.2. The largest absolute Gasteiger partial charge is 0.478 e. The van der Waals surface area contributed by atoms with Gasteiger partial charge in [0.05, 0.1) is 5.69 Å². The Balaban J connectivity index is 2.41. The predicted molar refractivity (Wildman–Crippen MR) is 68.8 cm³/mol. The van der Waals surface area contributed by atoms with E-state index in [-0.39, 0.29) is 5.82 Å². The molecule has 0 atom stereocenters. The zero-order chi connectivity index (χ0) is 13.8. The lowest BCUT2D eigenvalue weighted by atomic mass is 10.1. The van der Waals surface area contributed by atoms with Crippen LogP contribution in [0.5, 0.6) is 0 Å². The highest BCUT2D eigenvalue weighted by Gasteiger charge is 2.03. The fourth-order valence-corrected chi connectivity index (χ4v) is 1.58. The van der Waals surface area contributed by atoms with Crippen molar-refractivity contribution < 1.29 is 14.3 Å². The first kappa shape index (κ1) is 12.9. The quantitative estimate of drug-likeness (QED) is 0.860. The molecular weight excluding hydrogens is 247 g/mol. The fourth-order valence-electron chi connectivity index (χ4n) is 1.58. The maximum atomic E-state index is 12.9. The molecule has 0 aliphatic carbocycles. The van der Waals surface area contributed by atoms with Crippen LogP contribution in [0.2, 0.25) is 0 Å². The van der Waals surface area contributed by atoms with Crippen molar-refractivity contribution in [1.82, 2.24) is 9.97 Å². The number of carbonyl (C=O) groups is 1. The van der Waals surface area contributed by atoms with E-state index < -0.39 is 5.97 Å². The summed E-state index contributed by atoms with van der Waals surface area (Å²) >= 11 is 0. The molecule has 1 aromatic heterocycles. The standard InChI is InChI=1S/C14H11FN2O2/c1-9-8-12(10-2-4-11(15)5-3-10)17-13(16-9)6-7-14(18)19/h2-8H,1H3,(H,18,19)/b7-6+. The van der Waals surface area contributed by atoms with Crippen LogP contribution in [-0.4, -0.2) is 21.0 Å². The summed E-state index contributed by atoms with van der Waals surface area (Å²) in [6, 6.07) is 7.67. The van der Waals surface area contributed by atoms with E-state index in [2.05, 4.69) is 9.97 Å². The first-order chi connectivity index (χ1) is 9.04. The van der Waals surface area contributed by atoms with E-state index in [1.54, 1.807) is 25.1 Å². The molecule has 1 heterocycles. The van der Waals surface area contributed by atoms with Crippen molar-refractivity contribution in [2.75, 3.05) is 0 Å². The number of hydrogen-bond donors (Lipinski definition) is 1. The van der Waals surface area contributed by atoms with Gasteiger partial charge in [-0.3, -0.25) is 0 Å². The molecule has 0 fully saturated rings. The van der Waals surface area contributed by atoms with E-state index in [1.807, 2.05) is 0 Å². The molecule has 0 saturated carbocycles. The lowest BCUT2D eigenvalue weighted by molar-refractivity contribution is -0.131. The van der Waals surface area contributed by atoms with Gasteiger partial charge in [0.1, 0.15) is 5.82 Å². The van der Waals surface area contributed by atoms with E-state index in [0.717, 1.165) is 11.6 Å². The van der Waals surface area contributed by atoms with Crippen molar-refractivity contribution in [1.29, 1.82) is 0 Å². The maximum absolute atomic E-state index is 12.9. The van der Waals surface area contributed by atoms with Crippen LogP contribution in [0, 0.1) is 12.7 Å². The van der Waals surface area contributed by atoms with E-state index >= 15 is 0 Å². The van der Waals surface area contributed by atoms with Crippen LogP contribution >= 0.6 is 0 Å². The Hall–Kier alpha value is -2.56. The van der Waals surface area contributed by atoms with Crippen molar-refractivity contribution in [2.24, 2.45) is 0 Å². The Morgan fingerprint density at radius 3 is 2.58 bits per heavy atom. The third-order valence-electron chi connectivity index (χ3n) is 2.39. The van der Waals surface area contributed by atoms with E-state index in [9.17, 15) is 9.18 Å². The maximum Gasteiger partial charge on any atom is 0.328 e. The number of carboxylic acid groups (broad SMARTS) is 1. The van der Waals surface area contributed by atoms with Crippen molar-refractivity contribution in [3.63, 3.8) is 0 Å². The van der Waals surface area contributed by atoms with Crippen molar-refractivity contribution in [3.05, 3.63) is 53.7 Å². The lowest BCUT2D eigenvalue weighted by Crippen LogP contribution is -1.95. The minimum Gasteiger partial charge on any atom is -0.478 e. The third kappa shape index (κ3) is 3.45. The fraction of sp³-hybridized carbons (Fsp3) is 0.0714. The average Bonchev–Trinajstić information content (AvgIpc) is 2.36. The molecule has 2 rings (SSSR count). The molecule has 0 radical (unpaired) electrons. The van der Waals surface area contributed by atoms with Crippen LogP contribution in [0.3, 0.4) is 0 Å². The number of benzene rings is 1. The third-order valence-corrected chi connectivity index (χ3v) is 2.39. The molecule has 1 aromatic carbocycles. The van der Waals surface area contributed by atoms with Crippen LogP contribution in [-0.2, 0) is 4.79 Å². The Morgan fingerprint density at radius 1 is 1.26 bits per heavy atom. The molecule has 0 saturated heterocycles. The Labute approximate surface area is 109 Å². The number of halogens is 1. The molecule has 0 spiro atoms. The minimum atomic E-state index is -1.06. The van der Waals surface area contributed by atoms with Gasteiger partial charge in [-0.25, -0.2) is 19.2 Å². The first-order valence-electron chi connectivity index (χ1n) is 5.57. The van der Waals surface area contributed by atoms with Crippen LogP contribution < -0.4 is 0 Å². The summed E-state index contributed by atoms with van der Waals surface area (Å²) in [6.45, 7) is 1.78. The molecule has 19 heavy (non-hydrogen) atoms. The topological polar surface area (TPSA) is 63.1 Å². The molecule has 0 amide bonds. The number of aryl methyl sites for hydroxylation is 1.